The Morgan fingerprint density at radius 2 is 1.00 bits per heavy atom. The van der Waals surface area contributed by atoms with Gasteiger partial charge in [0, 0.05) is 10.0 Å². The monoisotopic (exact) mass is 318 g/mol. The van der Waals surface area contributed by atoms with E-state index in [2.05, 4.69) is 0 Å². The standard InChI is InChI=1S/C6H4Cl2.2ClH.Ru/c7-5-1-2-6(8)4-3-5;;;/h1-4H;2*1H;/q;;;+2/p-2. The fourth-order valence-electron chi connectivity index (χ4n) is 0.430. The van der Waals surface area contributed by atoms with Crippen LogP contribution in [-0.2, 0) is 15.1 Å². The van der Waals surface area contributed by atoms with Crippen molar-refractivity contribution in [1.82, 2.24) is 0 Å². The van der Waals surface area contributed by atoms with E-state index in [4.69, 9.17) is 42.6 Å². The molecule has 1 aromatic rings. The van der Waals surface area contributed by atoms with E-state index in [1.165, 1.54) is 0 Å². The fraction of sp³-hybridized carbons (Fsp3) is 0. The molecule has 0 nitrogen and oxygen atoms in total. The quantitative estimate of drug-likeness (QED) is 0.623. The van der Waals surface area contributed by atoms with Crippen molar-refractivity contribution < 1.29 is 15.1 Å². The molecule has 64 valence electrons. The Labute approximate surface area is 91.5 Å². The molecule has 0 aliphatic heterocycles. The van der Waals surface area contributed by atoms with Crippen molar-refractivity contribution in [2.45, 2.75) is 0 Å². The molecule has 0 aromatic heterocycles. The van der Waals surface area contributed by atoms with Crippen LogP contribution in [0, 0.1) is 0 Å². The molecule has 0 unspecified atom stereocenters. The number of benzene rings is 1. The van der Waals surface area contributed by atoms with E-state index in [1.54, 1.807) is 24.3 Å². The number of halogens is 4. The SMILES string of the molecule is Clc1ccc(Cl)cc1.[Cl][Ru][Cl]. The molecule has 1 rings (SSSR count). The first-order valence-electron chi connectivity index (χ1n) is 2.47. The van der Waals surface area contributed by atoms with Crippen LogP contribution >= 0.6 is 42.6 Å². The average molecular weight is 319 g/mol. The van der Waals surface area contributed by atoms with Crippen molar-refractivity contribution in [3.63, 3.8) is 0 Å². The zero-order valence-corrected chi connectivity index (χ0v) is 9.94. The number of hydrogen-bond acceptors (Lipinski definition) is 0. The summed E-state index contributed by atoms with van der Waals surface area (Å²) in [5, 5.41) is 1.43. The van der Waals surface area contributed by atoms with Gasteiger partial charge in [0.05, 0.1) is 0 Å². The summed E-state index contributed by atoms with van der Waals surface area (Å²) in [6.07, 6.45) is 0. The van der Waals surface area contributed by atoms with Gasteiger partial charge in [-0.15, -0.1) is 0 Å². The summed E-state index contributed by atoms with van der Waals surface area (Å²) in [7, 11) is 9.71. The van der Waals surface area contributed by atoms with Gasteiger partial charge in [0.25, 0.3) is 0 Å². The Morgan fingerprint density at radius 1 is 0.818 bits per heavy atom. The van der Waals surface area contributed by atoms with Crippen LogP contribution in [0.2, 0.25) is 10.0 Å². The van der Waals surface area contributed by atoms with E-state index in [0.29, 0.717) is 0 Å². The molecule has 0 saturated heterocycles. The Bertz CT molecular complexity index is 165. The molecule has 0 amide bonds. The molecule has 5 heteroatoms. The molecule has 0 radical (unpaired) electrons. The van der Waals surface area contributed by atoms with E-state index in [9.17, 15) is 0 Å². The van der Waals surface area contributed by atoms with Crippen LogP contribution in [0.3, 0.4) is 0 Å². The van der Waals surface area contributed by atoms with Gasteiger partial charge >= 0.3 is 34.5 Å². The molecule has 0 atom stereocenters. The first kappa shape index (κ1) is 12.0. The topological polar surface area (TPSA) is 0 Å². The summed E-state index contributed by atoms with van der Waals surface area (Å²) in [6, 6.07) is 7.02. The van der Waals surface area contributed by atoms with Crippen molar-refractivity contribution in [1.29, 1.82) is 0 Å². The first-order chi connectivity index (χ1) is 5.20. The second-order valence-electron chi connectivity index (χ2n) is 1.49. The predicted octanol–water partition coefficient (Wildman–Crippen LogP) is 4.37. The van der Waals surface area contributed by atoms with Gasteiger partial charge in [0.15, 0.2) is 0 Å². The van der Waals surface area contributed by atoms with Crippen LogP contribution in [0.5, 0.6) is 0 Å². The number of rotatable bonds is 0. The zero-order valence-electron chi connectivity index (χ0n) is 5.17. The molecule has 0 spiro atoms. The van der Waals surface area contributed by atoms with E-state index >= 15 is 0 Å². The van der Waals surface area contributed by atoms with E-state index < -0.39 is 0 Å². The Balaban J connectivity index is 0.000000292. The van der Waals surface area contributed by atoms with Crippen molar-refractivity contribution >= 4 is 42.6 Å². The van der Waals surface area contributed by atoms with Crippen LogP contribution in [-0.4, -0.2) is 0 Å². The van der Waals surface area contributed by atoms with Gasteiger partial charge in [-0.25, -0.2) is 0 Å². The molecule has 1 aromatic carbocycles. The van der Waals surface area contributed by atoms with Gasteiger partial charge in [-0.05, 0) is 24.3 Å². The molecule has 0 N–H and O–H groups in total. The van der Waals surface area contributed by atoms with Crippen LogP contribution in [0.25, 0.3) is 0 Å². The summed E-state index contributed by atoms with van der Waals surface area (Å²) in [5.41, 5.74) is 0. The second-order valence-corrected chi connectivity index (χ2v) is 5.00. The molecule has 11 heavy (non-hydrogen) atoms. The van der Waals surface area contributed by atoms with Crippen molar-refractivity contribution in [3.05, 3.63) is 34.3 Å². The van der Waals surface area contributed by atoms with Crippen molar-refractivity contribution in [2.75, 3.05) is 0 Å². The second kappa shape index (κ2) is 7.64. The Kier molecular flexibility index (Phi) is 8.34. The van der Waals surface area contributed by atoms with E-state index in [0.717, 1.165) is 10.0 Å². The third kappa shape index (κ3) is 7.37. The zero-order chi connectivity index (χ0) is 8.69. The third-order valence-electron chi connectivity index (χ3n) is 0.804. The minimum atomic E-state index is -0.346. The van der Waals surface area contributed by atoms with Crippen LogP contribution in [0.4, 0.5) is 0 Å². The van der Waals surface area contributed by atoms with Gasteiger partial charge in [-0.2, -0.15) is 0 Å². The summed E-state index contributed by atoms with van der Waals surface area (Å²) in [6.45, 7) is 0. The molecular formula is C6H4Cl4Ru. The average Bonchev–Trinajstić information content (AvgIpc) is 1.97. The van der Waals surface area contributed by atoms with Crippen LogP contribution in [0.1, 0.15) is 0 Å². The van der Waals surface area contributed by atoms with Crippen LogP contribution < -0.4 is 0 Å². The summed E-state index contributed by atoms with van der Waals surface area (Å²) >= 11 is 10.8. The molecule has 0 aliphatic rings. The number of hydrogen-bond donors (Lipinski definition) is 0. The van der Waals surface area contributed by atoms with E-state index in [-0.39, 0.29) is 15.1 Å². The predicted molar refractivity (Wildman–Crippen MR) is 48.2 cm³/mol. The molecule has 0 heterocycles. The molecule has 0 bridgehead atoms. The minimum absolute atomic E-state index is 0.346. The Hall–Kier alpha value is 1.00. The first-order valence-corrected chi connectivity index (χ1v) is 7.70. The van der Waals surface area contributed by atoms with Crippen LogP contribution in [0.15, 0.2) is 24.3 Å². The van der Waals surface area contributed by atoms with Gasteiger partial charge in [-0.1, -0.05) is 23.2 Å². The fourth-order valence-corrected chi connectivity index (χ4v) is 0.682. The molecule has 0 fully saturated rings. The van der Waals surface area contributed by atoms with Gasteiger partial charge < -0.3 is 0 Å². The Morgan fingerprint density at radius 3 is 1.18 bits per heavy atom. The molecular weight excluding hydrogens is 315 g/mol. The summed E-state index contributed by atoms with van der Waals surface area (Å²) in [4.78, 5) is 0. The van der Waals surface area contributed by atoms with Gasteiger partial charge in [-0.3, -0.25) is 0 Å². The maximum atomic E-state index is 5.55. The van der Waals surface area contributed by atoms with Gasteiger partial charge in [0.1, 0.15) is 0 Å². The summed E-state index contributed by atoms with van der Waals surface area (Å²) < 4.78 is 0. The summed E-state index contributed by atoms with van der Waals surface area (Å²) in [5.74, 6) is 0. The van der Waals surface area contributed by atoms with Crippen molar-refractivity contribution in [3.8, 4) is 0 Å². The van der Waals surface area contributed by atoms with Gasteiger partial charge in [0.2, 0.25) is 0 Å². The molecule has 0 aliphatic carbocycles. The molecule has 0 saturated carbocycles. The third-order valence-corrected chi connectivity index (χ3v) is 1.31. The van der Waals surface area contributed by atoms with Crippen molar-refractivity contribution in [2.24, 2.45) is 0 Å². The normalized spacial score (nSPS) is 8.73. The van der Waals surface area contributed by atoms with E-state index in [1.807, 2.05) is 0 Å². The maximum absolute atomic E-state index is 5.55.